The Kier molecular flexibility index (Phi) is 4.76. The van der Waals surface area contributed by atoms with Gasteiger partial charge in [0.25, 0.3) is 0 Å². The molecule has 1 aromatic carbocycles. The van der Waals surface area contributed by atoms with Crippen LogP contribution in [-0.4, -0.2) is 5.91 Å². The van der Waals surface area contributed by atoms with E-state index in [9.17, 15) is 18.0 Å². The number of hydrogen-bond donors (Lipinski definition) is 1. The molecule has 0 aliphatic heterocycles. The van der Waals surface area contributed by atoms with Crippen LogP contribution in [0.2, 0.25) is 0 Å². The molecule has 0 bridgehead atoms. The number of rotatable bonds is 5. The molecule has 1 aromatic rings. The molecule has 100 valence electrons. The molecule has 0 aliphatic rings. The first-order chi connectivity index (χ1) is 8.34. The van der Waals surface area contributed by atoms with Gasteiger partial charge in [-0.2, -0.15) is 13.2 Å². The van der Waals surface area contributed by atoms with E-state index in [1.165, 1.54) is 12.1 Å². The number of carbonyl (C=O) groups excluding carboxylic acids is 1. The molecule has 5 heteroatoms. The summed E-state index contributed by atoms with van der Waals surface area (Å²) in [6, 6.07) is 4.85. The first kappa shape index (κ1) is 14.5. The molecule has 0 saturated carbocycles. The van der Waals surface area contributed by atoms with Crippen molar-refractivity contribution < 1.29 is 18.0 Å². The summed E-state index contributed by atoms with van der Waals surface area (Å²) in [5.74, 6) is -0.719. The summed E-state index contributed by atoms with van der Waals surface area (Å²) in [6.07, 6.45) is -2.48. The van der Waals surface area contributed by atoms with E-state index < -0.39 is 17.6 Å². The van der Waals surface area contributed by atoms with Crippen LogP contribution in [0.3, 0.4) is 0 Å². The zero-order chi connectivity index (χ0) is 13.8. The zero-order valence-electron chi connectivity index (χ0n) is 10.1. The number of benzene rings is 1. The average molecular weight is 259 g/mol. The largest absolute Gasteiger partial charge is 0.416 e. The Labute approximate surface area is 104 Å². The van der Waals surface area contributed by atoms with Crippen molar-refractivity contribution in [3.63, 3.8) is 0 Å². The van der Waals surface area contributed by atoms with Crippen molar-refractivity contribution in [1.29, 1.82) is 0 Å². The highest BCUT2D eigenvalue weighted by Gasteiger charge is 2.30. The van der Waals surface area contributed by atoms with Gasteiger partial charge < -0.3 is 5.73 Å². The summed E-state index contributed by atoms with van der Waals surface area (Å²) >= 11 is 0. The summed E-state index contributed by atoms with van der Waals surface area (Å²) < 4.78 is 37.1. The number of carbonyl (C=O) groups is 1. The normalized spacial score (nSPS) is 13.3. The van der Waals surface area contributed by atoms with Crippen LogP contribution in [0, 0.1) is 5.92 Å². The molecule has 0 radical (unpaired) electrons. The first-order valence-electron chi connectivity index (χ1n) is 5.80. The maximum atomic E-state index is 12.4. The highest BCUT2D eigenvalue weighted by Crippen LogP contribution is 2.29. The Hall–Kier alpha value is -1.52. The molecular weight excluding hydrogens is 243 g/mol. The van der Waals surface area contributed by atoms with Crippen LogP contribution in [-0.2, 0) is 17.4 Å². The van der Waals surface area contributed by atoms with Crippen molar-refractivity contribution >= 4 is 5.91 Å². The quantitative estimate of drug-likeness (QED) is 0.867. The van der Waals surface area contributed by atoms with Gasteiger partial charge in [-0.3, -0.25) is 4.79 Å². The highest BCUT2D eigenvalue weighted by atomic mass is 19.4. The molecule has 1 rings (SSSR count). The van der Waals surface area contributed by atoms with Crippen LogP contribution in [0.1, 0.15) is 30.9 Å². The predicted molar refractivity (Wildman–Crippen MR) is 62.7 cm³/mol. The molecule has 0 heterocycles. The fraction of sp³-hybridized carbons (Fsp3) is 0.462. The monoisotopic (exact) mass is 259 g/mol. The number of hydrogen-bond acceptors (Lipinski definition) is 1. The van der Waals surface area contributed by atoms with Crippen molar-refractivity contribution in [2.45, 2.75) is 32.4 Å². The molecule has 0 saturated heterocycles. The van der Waals surface area contributed by atoms with E-state index in [0.29, 0.717) is 18.4 Å². The van der Waals surface area contributed by atoms with Gasteiger partial charge in [0.1, 0.15) is 0 Å². The van der Waals surface area contributed by atoms with Gasteiger partial charge >= 0.3 is 6.18 Å². The first-order valence-corrected chi connectivity index (χ1v) is 5.80. The second-order valence-electron chi connectivity index (χ2n) is 4.29. The Morgan fingerprint density at radius 3 is 2.22 bits per heavy atom. The van der Waals surface area contributed by atoms with Gasteiger partial charge in [-0.05, 0) is 30.5 Å². The predicted octanol–water partition coefficient (Wildman–Crippen LogP) is 3.15. The number of alkyl halides is 3. The number of halogens is 3. The molecule has 0 fully saturated rings. The smallest absolute Gasteiger partial charge is 0.369 e. The van der Waals surface area contributed by atoms with Crippen molar-refractivity contribution in [2.75, 3.05) is 0 Å². The minimum absolute atomic E-state index is 0.313. The van der Waals surface area contributed by atoms with Gasteiger partial charge in [-0.15, -0.1) is 0 Å². The third kappa shape index (κ3) is 4.05. The van der Waals surface area contributed by atoms with Crippen LogP contribution in [0.5, 0.6) is 0 Å². The van der Waals surface area contributed by atoms with Crippen LogP contribution in [0.25, 0.3) is 0 Å². The Balaban J connectivity index is 2.76. The van der Waals surface area contributed by atoms with Crippen molar-refractivity contribution in [2.24, 2.45) is 11.7 Å². The van der Waals surface area contributed by atoms with Crippen LogP contribution in [0.15, 0.2) is 24.3 Å². The summed E-state index contributed by atoms with van der Waals surface area (Å²) in [5.41, 5.74) is 5.26. The Morgan fingerprint density at radius 1 is 1.28 bits per heavy atom. The van der Waals surface area contributed by atoms with Gasteiger partial charge in [0.2, 0.25) is 5.91 Å². The van der Waals surface area contributed by atoms with E-state index >= 15 is 0 Å². The zero-order valence-corrected chi connectivity index (χ0v) is 10.1. The molecule has 0 aliphatic carbocycles. The maximum Gasteiger partial charge on any atom is 0.416 e. The Morgan fingerprint density at radius 2 is 1.83 bits per heavy atom. The average Bonchev–Trinajstić information content (AvgIpc) is 2.28. The number of amides is 1. The second kappa shape index (κ2) is 5.89. The number of primary amides is 1. The molecule has 1 atom stereocenters. The SMILES string of the molecule is CCC[C@H](Cc1ccc(C(F)(F)F)cc1)C(N)=O. The lowest BCUT2D eigenvalue weighted by atomic mass is 9.94. The molecular formula is C13H16F3NO. The third-order valence-corrected chi connectivity index (χ3v) is 2.80. The van der Waals surface area contributed by atoms with Crippen LogP contribution >= 0.6 is 0 Å². The minimum Gasteiger partial charge on any atom is -0.369 e. The van der Waals surface area contributed by atoms with E-state index in [4.69, 9.17) is 5.73 Å². The topological polar surface area (TPSA) is 43.1 Å². The van der Waals surface area contributed by atoms with Crippen molar-refractivity contribution in [1.82, 2.24) is 0 Å². The second-order valence-corrected chi connectivity index (χ2v) is 4.29. The van der Waals surface area contributed by atoms with Gasteiger partial charge in [-0.1, -0.05) is 25.5 Å². The van der Waals surface area contributed by atoms with Crippen molar-refractivity contribution in [3.8, 4) is 0 Å². The van der Waals surface area contributed by atoms with Crippen LogP contribution < -0.4 is 5.73 Å². The fourth-order valence-corrected chi connectivity index (χ4v) is 1.81. The fourth-order valence-electron chi connectivity index (χ4n) is 1.81. The maximum absolute atomic E-state index is 12.4. The molecule has 1 amide bonds. The summed E-state index contributed by atoms with van der Waals surface area (Å²) in [6.45, 7) is 1.93. The van der Waals surface area contributed by atoms with E-state index in [2.05, 4.69) is 0 Å². The summed E-state index contributed by atoms with van der Waals surface area (Å²) in [5, 5.41) is 0. The Bertz CT molecular complexity index is 398. The molecule has 0 spiro atoms. The summed E-state index contributed by atoms with van der Waals surface area (Å²) in [4.78, 5) is 11.2. The standard InChI is InChI=1S/C13H16F3NO/c1-2-3-10(12(17)18)8-9-4-6-11(7-5-9)13(14,15)16/h4-7,10H,2-3,8H2,1H3,(H2,17,18)/t10-/m1/s1. The molecule has 18 heavy (non-hydrogen) atoms. The molecule has 2 nitrogen and oxygen atoms in total. The number of nitrogens with two attached hydrogens (primary N) is 1. The molecule has 2 N–H and O–H groups in total. The third-order valence-electron chi connectivity index (χ3n) is 2.80. The lowest BCUT2D eigenvalue weighted by Crippen LogP contribution is -2.25. The molecule has 0 aromatic heterocycles. The van der Waals surface area contributed by atoms with E-state index in [0.717, 1.165) is 18.6 Å². The summed E-state index contributed by atoms with van der Waals surface area (Å²) in [7, 11) is 0. The van der Waals surface area contributed by atoms with Gasteiger partial charge in [0, 0.05) is 5.92 Å². The van der Waals surface area contributed by atoms with Gasteiger partial charge in [-0.25, -0.2) is 0 Å². The van der Waals surface area contributed by atoms with Crippen LogP contribution in [0.4, 0.5) is 13.2 Å². The van der Waals surface area contributed by atoms with E-state index in [1.54, 1.807) is 0 Å². The highest BCUT2D eigenvalue weighted by molar-refractivity contribution is 5.76. The van der Waals surface area contributed by atoms with Crippen molar-refractivity contribution in [3.05, 3.63) is 35.4 Å². The lowest BCUT2D eigenvalue weighted by Gasteiger charge is -2.13. The lowest BCUT2D eigenvalue weighted by molar-refractivity contribution is -0.137. The van der Waals surface area contributed by atoms with Gasteiger partial charge in [0.15, 0.2) is 0 Å². The van der Waals surface area contributed by atoms with E-state index in [-0.39, 0.29) is 5.92 Å². The molecule has 0 unspecified atom stereocenters. The van der Waals surface area contributed by atoms with E-state index in [1.807, 2.05) is 6.92 Å². The van der Waals surface area contributed by atoms with Gasteiger partial charge in [0.05, 0.1) is 5.56 Å². The minimum atomic E-state index is -4.33.